The van der Waals surface area contributed by atoms with E-state index in [-0.39, 0.29) is 5.91 Å². The molecule has 1 heterocycles. The Hall–Kier alpha value is -0.000000000000000111. The molecule has 0 aliphatic rings. The third-order valence-electron chi connectivity index (χ3n) is 1.79. The fourth-order valence-corrected chi connectivity index (χ4v) is 2.56. The molecule has 0 fully saturated rings. The molecule has 0 aliphatic heterocycles. The van der Waals surface area contributed by atoms with Crippen molar-refractivity contribution in [2.75, 3.05) is 25.6 Å². The summed E-state index contributed by atoms with van der Waals surface area (Å²) in [7, 11) is 1.84. The van der Waals surface area contributed by atoms with Gasteiger partial charge in [-0.2, -0.15) is 11.8 Å². The van der Waals surface area contributed by atoms with E-state index in [0.29, 0.717) is 0 Å². The average Bonchev–Trinajstić information content (AvgIpc) is 2.60. The molecule has 0 atom stereocenters. The van der Waals surface area contributed by atoms with Crippen molar-refractivity contribution in [1.29, 1.82) is 0 Å². The molecular weight excluding hydrogens is 282 g/mol. The predicted octanol–water partition coefficient (Wildman–Crippen LogP) is 2.95. The number of carbonyl (C=O) groups excluding carboxylic acids is 1. The number of nitrogens with zero attached hydrogens (tertiary/aromatic N) is 1. The van der Waals surface area contributed by atoms with Gasteiger partial charge in [-0.05, 0) is 28.3 Å². The Morgan fingerprint density at radius 2 is 2.43 bits per heavy atom. The van der Waals surface area contributed by atoms with E-state index in [4.69, 9.17) is 0 Å². The molecule has 0 unspecified atom stereocenters. The third kappa shape index (κ3) is 3.29. The maximum Gasteiger partial charge on any atom is 0.254 e. The van der Waals surface area contributed by atoms with Gasteiger partial charge < -0.3 is 4.90 Å². The number of halogens is 1. The van der Waals surface area contributed by atoms with Gasteiger partial charge in [0, 0.05) is 24.7 Å². The minimum Gasteiger partial charge on any atom is -0.341 e. The molecule has 0 saturated heterocycles. The number of amides is 1. The highest BCUT2D eigenvalue weighted by Gasteiger charge is 2.12. The average molecular weight is 294 g/mol. The first-order chi connectivity index (χ1) is 6.65. The van der Waals surface area contributed by atoms with Crippen molar-refractivity contribution >= 4 is 44.9 Å². The van der Waals surface area contributed by atoms with Gasteiger partial charge in [-0.3, -0.25) is 4.79 Å². The van der Waals surface area contributed by atoms with Gasteiger partial charge in [0.2, 0.25) is 0 Å². The van der Waals surface area contributed by atoms with Crippen molar-refractivity contribution in [3.05, 3.63) is 20.8 Å². The molecule has 2 nitrogen and oxygen atoms in total. The van der Waals surface area contributed by atoms with E-state index in [9.17, 15) is 4.79 Å². The fraction of sp³-hybridized carbons (Fsp3) is 0.444. The molecule has 0 radical (unpaired) electrons. The Morgan fingerprint density at radius 1 is 1.71 bits per heavy atom. The summed E-state index contributed by atoms with van der Waals surface area (Å²) >= 11 is 6.63. The molecular formula is C9H12BrNOS2. The van der Waals surface area contributed by atoms with E-state index in [1.54, 1.807) is 16.7 Å². The van der Waals surface area contributed by atoms with Crippen molar-refractivity contribution in [1.82, 2.24) is 4.90 Å². The summed E-state index contributed by atoms with van der Waals surface area (Å²) in [6.45, 7) is 0.799. The Morgan fingerprint density at radius 3 is 2.93 bits per heavy atom. The Balaban J connectivity index is 2.56. The lowest BCUT2D eigenvalue weighted by Gasteiger charge is -2.15. The van der Waals surface area contributed by atoms with Crippen LogP contribution >= 0.6 is 39.0 Å². The van der Waals surface area contributed by atoms with Crippen molar-refractivity contribution in [3.8, 4) is 0 Å². The zero-order valence-electron chi connectivity index (χ0n) is 8.12. The Labute approximate surface area is 101 Å². The number of rotatable bonds is 4. The van der Waals surface area contributed by atoms with Gasteiger partial charge in [-0.25, -0.2) is 0 Å². The first-order valence-electron chi connectivity index (χ1n) is 4.13. The van der Waals surface area contributed by atoms with Crippen LogP contribution in [0.15, 0.2) is 15.2 Å². The van der Waals surface area contributed by atoms with Gasteiger partial charge in [-0.15, -0.1) is 11.3 Å². The highest BCUT2D eigenvalue weighted by Crippen LogP contribution is 2.21. The highest BCUT2D eigenvalue weighted by atomic mass is 79.9. The summed E-state index contributed by atoms with van der Waals surface area (Å²) in [5, 5.41) is 1.88. The van der Waals surface area contributed by atoms with Crippen molar-refractivity contribution in [2.24, 2.45) is 0 Å². The summed E-state index contributed by atoms with van der Waals surface area (Å²) in [4.78, 5) is 13.5. The van der Waals surface area contributed by atoms with Crippen LogP contribution < -0.4 is 0 Å². The van der Waals surface area contributed by atoms with Gasteiger partial charge in [-0.1, -0.05) is 0 Å². The second-order valence-corrected chi connectivity index (χ2v) is 6.14. The van der Waals surface area contributed by atoms with E-state index in [1.807, 2.05) is 24.7 Å². The number of carbonyl (C=O) groups is 1. The first kappa shape index (κ1) is 12.1. The van der Waals surface area contributed by atoms with E-state index < -0.39 is 0 Å². The van der Waals surface area contributed by atoms with Crippen LogP contribution in [0.4, 0.5) is 0 Å². The first-order valence-corrected chi connectivity index (χ1v) is 7.20. The van der Waals surface area contributed by atoms with E-state index in [2.05, 4.69) is 15.9 Å². The summed E-state index contributed by atoms with van der Waals surface area (Å²) in [6.07, 6.45) is 2.04. The lowest BCUT2D eigenvalue weighted by molar-refractivity contribution is 0.0804. The van der Waals surface area contributed by atoms with Crippen LogP contribution in [0.25, 0.3) is 0 Å². The second-order valence-electron chi connectivity index (χ2n) is 2.86. The summed E-state index contributed by atoms with van der Waals surface area (Å²) in [5.41, 5.74) is 0.769. The summed E-state index contributed by atoms with van der Waals surface area (Å²) in [5.74, 6) is 1.08. The molecule has 1 aromatic rings. The molecule has 0 aliphatic carbocycles. The van der Waals surface area contributed by atoms with Crippen LogP contribution in [0.1, 0.15) is 10.4 Å². The van der Waals surface area contributed by atoms with E-state index >= 15 is 0 Å². The SMILES string of the molecule is CSCCN(C)C(=O)c1csc(Br)c1. The van der Waals surface area contributed by atoms with Crippen molar-refractivity contribution in [2.45, 2.75) is 0 Å². The quantitative estimate of drug-likeness (QED) is 0.851. The molecule has 5 heteroatoms. The van der Waals surface area contributed by atoms with Crippen LogP contribution in [0.5, 0.6) is 0 Å². The molecule has 0 saturated carbocycles. The van der Waals surface area contributed by atoms with Crippen LogP contribution in [-0.4, -0.2) is 36.4 Å². The van der Waals surface area contributed by atoms with Crippen LogP contribution in [0, 0.1) is 0 Å². The maximum absolute atomic E-state index is 11.8. The van der Waals surface area contributed by atoms with Crippen LogP contribution in [-0.2, 0) is 0 Å². The number of thioether (sulfide) groups is 1. The van der Waals surface area contributed by atoms with Gasteiger partial charge in [0.05, 0.1) is 9.35 Å². The number of hydrogen-bond acceptors (Lipinski definition) is 3. The summed E-state index contributed by atoms with van der Waals surface area (Å²) < 4.78 is 0.999. The third-order valence-corrected chi connectivity index (χ3v) is 3.89. The zero-order chi connectivity index (χ0) is 10.6. The smallest absolute Gasteiger partial charge is 0.254 e. The standard InChI is InChI=1S/C9H12BrNOS2/c1-11(3-4-13-2)9(12)7-5-8(10)14-6-7/h5-6H,3-4H2,1-2H3. The monoisotopic (exact) mass is 293 g/mol. The number of hydrogen-bond donors (Lipinski definition) is 0. The van der Waals surface area contributed by atoms with Crippen molar-refractivity contribution in [3.63, 3.8) is 0 Å². The molecule has 0 bridgehead atoms. The normalized spacial score (nSPS) is 10.2. The Bertz CT molecular complexity index is 314. The lowest BCUT2D eigenvalue weighted by atomic mass is 10.3. The van der Waals surface area contributed by atoms with Gasteiger partial charge >= 0.3 is 0 Å². The van der Waals surface area contributed by atoms with Crippen LogP contribution in [0.3, 0.4) is 0 Å². The van der Waals surface area contributed by atoms with E-state index in [0.717, 1.165) is 21.6 Å². The summed E-state index contributed by atoms with van der Waals surface area (Å²) in [6, 6.07) is 1.86. The molecule has 1 rings (SSSR count). The predicted molar refractivity (Wildman–Crippen MR) is 67.4 cm³/mol. The molecule has 0 N–H and O–H groups in total. The largest absolute Gasteiger partial charge is 0.341 e. The van der Waals surface area contributed by atoms with Gasteiger partial charge in [0.15, 0.2) is 0 Å². The fourth-order valence-electron chi connectivity index (χ4n) is 0.972. The molecule has 0 spiro atoms. The molecule has 1 amide bonds. The molecule has 14 heavy (non-hydrogen) atoms. The topological polar surface area (TPSA) is 20.3 Å². The molecule has 0 aromatic carbocycles. The highest BCUT2D eigenvalue weighted by molar-refractivity contribution is 9.11. The minimum absolute atomic E-state index is 0.0981. The van der Waals surface area contributed by atoms with Gasteiger partial charge in [0.25, 0.3) is 5.91 Å². The van der Waals surface area contributed by atoms with Gasteiger partial charge in [0.1, 0.15) is 0 Å². The van der Waals surface area contributed by atoms with Crippen LogP contribution in [0.2, 0.25) is 0 Å². The Kier molecular flexibility index (Phi) is 4.98. The molecule has 1 aromatic heterocycles. The zero-order valence-corrected chi connectivity index (χ0v) is 11.3. The van der Waals surface area contributed by atoms with E-state index in [1.165, 1.54) is 11.3 Å². The lowest BCUT2D eigenvalue weighted by Crippen LogP contribution is -2.28. The minimum atomic E-state index is 0.0981. The maximum atomic E-state index is 11.8. The second kappa shape index (κ2) is 5.78. The van der Waals surface area contributed by atoms with Crippen molar-refractivity contribution < 1.29 is 4.79 Å². The molecule has 78 valence electrons. The number of thiophene rings is 1.